The molecular weight excluding hydrogens is 369 g/mol. The molecule has 1 aromatic heterocycles. The minimum atomic E-state index is -0.293. The number of amides is 1. The smallest absolute Gasteiger partial charge is 0.275 e. The maximum Gasteiger partial charge on any atom is 0.275 e. The lowest BCUT2D eigenvalue weighted by molar-refractivity contribution is 0.0729. The SMILES string of the molecule is CC(C)Cn1nc(C(=O)N2CCCC2c2ccc(F)cc2)c2ccccc2c1=O. The predicted octanol–water partition coefficient (Wildman–Crippen LogP) is 4.17. The summed E-state index contributed by atoms with van der Waals surface area (Å²) < 4.78 is 14.7. The molecule has 1 unspecified atom stereocenters. The van der Waals surface area contributed by atoms with Crippen LogP contribution in [0.15, 0.2) is 53.3 Å². The molecule has 5 nitrogen and oxygen atoms in total. The molecule has 2 heterocycles. The zero-order valence-electron chi connectivity index (χ0n) is 16.6. The standard InChI is InChI=1S/C23H24FN3O2/c1-15(2)14-27-22(28)19-7-4-3-6-18(19)21(25-27)23(29)26-13-5-8-20(26)16-9-11-17(24)12-10-16/h3-4,6-7,9-12,15,20H,5,8,13-14H2,1-2H3. The van der Waals surface area contributed by atoms with Crippen LogP contribution < -0.4 is 5.56 Å². The molecule has 0 N–H and O–H groups in total. The lowest BCUT2D eigenvalue weighted by Gasteiger charge is -2.25. The van der Waals surface area contributed by atoms with Gasteiger partial charge in [0.15, 0.2) is 5.69 Å². The number of likely N-dealkylation sites (tertiary alicyclic amines) is 1. The summed E-state index contributed by atoms with van der Waals surface area (Å²) in [6.45, 7) is 5.08. The van der Waals surface area contributed by atoms with Crippen LogP contribution in [0.2, 0.25) is 0 Å². The van der Waals surface area contributed by atoms with E-state index in [9.17, 15) is 14.0 Å². The molecule has 1 amide bonds. The summed E-state index contributed by atoms with van der Waals surface area (Å²) >= 11 is 0. The summed E-state index contributed by atoms with van der Waals surface area (Å²) in [6.07, 6.45) is 1.69. The van der Waals surface area contributed by atoms with Crippen molar-refractivity contribution in [2.24, 2.45) is 5.92 Å². The van der Waals surface area contributed by atoms with Crippen molar-refractivity contribution in [3.8, 4) is 0 Å². The summed E-state index contributed by atoms with van der Waals surface area (Å²) in [6, 6.07) is 13.3. The van der Waals surface area contributed by atoms with Gasteiger partial charge < -0.3 is 4.90 Å². The fourth-order valence-electron chi connectivity index (χ4n) is 4.04. The second kappa shape index (κ2) is 7.78. The average molecular weight is 393 g/mol. The Kier molecular flexibility index (Phi) is 5.18. The summed E-state index contributed by atoms with van der Waals surface area (Å²) in [5.74, 6) is -0.258. The number of nitrogens with zero attached hydrogens (tertiary/aromatic N) is 3. The zero-order chi connectivity index (χ0) is 20.5. The highest BCUT2D eigenvalue weighted by Crippen LogP contribution is 2.33. The highest BCUT2D eigenvalue weighted by Gasteiger charge is 2.32. The van der Waals surface area contributed by atoms with E-state index < -0.39 is 0 Å². The maximum absolute atomic E-state index is 13.5. The molecule has 29 heavy (non-hydrogen) atoms. The summed E-state index contributed by atoms with van der Waals surface area (Å²) in [4.78, 5) is 28.2. The first-order valence-corrected chi connectivity index (χ1v) is 10.0. The van der Waals surface area contributed by atoms with Crippen LogP contribution >= 0.6 is 0 Å². The lowest BCUT2D eigenvalue weighted by atomic mass is 10.0. The van der Waals surface area contributed by atoms with E-state index in [1.54, 1.807) is 35.2 Å². The highest BCUT2D eigenvalue weighted by molar-refractivity contribution is 6.05. The molecule has 0 bridgehead atoms. The van der Waals surface area contributed by atoms with Gasteiger partial charge in [-0.15, -0.1) is 0 Å². The topological polar surface area (TPSA) is 55.2 Å². The Morgan fingerprint density at radius 2 is 1.83 bits per heavy atom. The van der Waals surface area contributed by atoms with E-state index in [4.69, 9.17) is 0 Å². The van der Waals surface area contributed by atoms with E-state index in [-0.39, 0.29) is 29.2 Å². The first-order chi connectivity index (χ1) is 14.0. The van der Waals surface area contributed by atoms with Crippen LogP contribution in [0.3, 0.4) is 0 Å². The predicted molar refractivity (Wildman–Crippen MR) is 110 cm³/mol. The van der Waals surface area contributed by atoms with Crippen LogP contribution in [-0.4, -0.2) is 27.1 Å². The molecule has 0 aliphatic carbocycles. The Balaban J connectivity index is 1.79. The number of benzene rings is 2. The molecule has 3 aromatic rings. The first kappa shape index (κ1) is 19.3. The second-order valence-electron chi connectivity index (χ2n) is 7.98. The molecule has 1 saturated heterocycles. The monoisotopic (exact) mass is 393 g/mol. The van der Waals surface area contributed by atoms with Crippen LogP contribution in [-0.2, 0) is 6.54 Å². The van der Waals surface area contributed by atoms with Gasteiger partial charge in [-0.25, -0.2) is 9.07 Å². The molecule has 150 valence electrons. The Morgan fingerprint density at radius 1 is 1.14 bits per heavy atom. The number of hydrogen-bond donors (Lipinski definition) is 0. The van der Waals surface area contributed by atoms with Gasteiger partial charge in [-0.3, -0.25) is 9.59 Å². The van der Waals surface area contributed by atoms with Gasteiger partial charge in [0.05, 0.1) is 11.4 Å². The lowest BCUT2D eigenvalue weighted by Crippen LogP contribution is -2.34. The minimum Gasteiger partial charge on any atom is -0.330 e. The zero-order valence-corrected chi connectivity index (χ0v) is 16.6. The van der Waals surface area contributed by atoms with Crippen molar-refractivity contribution >= 4 is 16.7 Å². The van der Waals surface area contributed by atoms with Crippen LogP contribution in [0, 0.1) is 11.7 Å². The number of hydrogen-bond acceptors (Lipinski definition) is 3. The molecule has 1 atom stereocenters. The van der Waals surface area contributed by atoms with Gasteiger partial charge in [0.1, 0.15) is 5.82 Å². The van der Waals surface area contributed by atoms with Crippen molar-refractivity contribution in [2.45, 2.75) is 39.3 Å². The number of carbonyl (C=O) groups is 1. The van der Waals surface area contributed by atoms with Crippen molar-refractivity contribution in [3.05, 3.63) is 76.0 Å². The van der Waals surface area contributed by atoms with Gasteiger partial charge in [0.2, 0.25) is 0 Å². The van der Waals surface area contributed by atoms with E-state index in [2.05, 4.69) is 5.10 Å². The first-order valence-electron chi connectivity index (χ1n) is 10.0. The highest BCUT2D eigenvalue weighted by atomic mass is 19.1. The Morgan fingerprint density at radius 3 is 2.52 bits per heavy atom. The van der Waals surface area contributed by atoms with E-state index >= 15 is 0 Å². The van der Waals surface area contributed by atoms with Gasteiger partial charge in [-0.2, -0.15) is 5.10 Å². The summed E-state index contributed by atoms with van der Waals surface area (Å²) in [5.41, 5.74) is 1.04. The van der Waals surface area contributed by atoms with Gasteiger partial charge in [0, 0.05) is 18.5 Å². The summed E-state index contributed by atoms with van der Waals surface area (Å²) in [7, 11) is 0. The maximum atomic E-state index is 13.5. The number of rotatable bonds is 4. The fourth-order valence-corrected chi connectivity index (χ4v) is 4.04. The van der Waals surface area contributed by atoms with Gasteiger partial charge in [-0.05, 0) is 42.5 Å². The second-order valence-corrected chi connectivity index (χ2v) is 7.98. The van der Waals surface area contributed by atoms with Crippen molar-refractivity contribution < 1.29 is 9.18 Å². The van der Waals surface area contributed by atoms with Crippen LogP contribution in [0.1, 0.15) is 48.8 Å². The number of carbonyl (C=O) groups excluding carboxylic acids is 1. The van der Waals surface area contributed by atoms with Crippen molar-refractivity contribution in [3.63, 3.8) is 0 Å². The third-order valence-corrected chi connectivity index (χ3v) is 5.38. The van der Waals surface area contributed by atoms with Gasteiger partial charge in [0.25, 0.3) is 11.5 Å². The molecule has 0 saturated carbocycles. The molecule has 0 radical (unpaired) electrons. The number of halogens is 1. The van der Waals surface area contributed by atoms with Crippen LogP contribution in [0.4, 0.5) is 4.39 Å². The molecule has 6 heteroatoms. The molecule has 0 spiro atoms. The van der Waals surface area contributed by atoms with Crippen molar-refractivity contribution in [1.29, 1.82) is 0 Å². The van der Waals surface area contributed by atoms with E-state index in [0.29, 0.717) is 29.6 Å². The minimum absolute atomic E-state index is 0.117. The van der Waals surface area contributed by atoms with Crippen LogP contribution in [0.25, 0.3) is 10.8 Å². The summed E-state index contributed by atoms with van der Waals surface area (Å²) in [5, 5.41) is 5.56. The Labute approximate surface area is 168 Å². The van der Waals surface area contributed by atoms with E-state index in [0.717, 1.165) is 18.4 Å². The van der Waals surface area contributed by atoms with E-state index in [1.165, 1.54) is 16.8 Å². The normalized spacial score (nSPS) is 16.7. The third-order valence-electron chi connectivity index (χ3n) is 5.38. The van der Waals surface area contributed by atoms with Crippen LogP contribution in [0.5, 0.6) is 0 Å². The number of aromatic nitrogens is 2. The molecule has 4 rings (SSSR count). The average Bonchev–Trinajstić information content (AvgIpc) is 3.20. The Bertz CT molecular complexity index is 1110. The van der Waals surface area contributed by atoms with Gasteiger partial charge in [-0.1, -0.05) is 44.2 Å². The third kappa shape index (κ3) is 3.67. The quantitative estimate of drug-likeness (QED) is 0.669. The number of fused-ring (bicyclic) bond motifs is 1. The van der Waals surface area contributed by atoms with E-state index in [1.807, 2.05) is 19.9 Å². The van der Waals surface area contributed by atoms with Gasteiger partial charge >= 0.3 is 0 Å². The molecule has 1 fully saturated rings. The fraction of sp³-hybridized carbons (Fsp3) is 0.348. The van der Waals surface area contributed by atoms with Crippen molar-refractivity contribution in [1.82, 2.24) is 14.7 Å². The molecule has 1 aliphatic rings. The molecule has 1 aliphatic heterocycles. The largest absolute Gasteiger partial charge is 0.330 e. The molecule has 2 aromatic carbocycles. The van der Waals surface area contributed by atoms with Crippen molar-refractivity contribution in [2.75, 3.05) is 6.54 Å². The molecular formula is C23H24FN3O2. The Hall–Kier alpha value is -3.02.